The van der Waals surface area contributed by atoms with Gasteiger partial charge in [-0.05, 0) is 281 Å². The maximum atomic E-state index is 13.3. The Bertz CT molecular complexity index is 5160. The van der Waals surface area contributed by atoms with Crippen LogP contribution in [0.15, 0.2) is 182 Å². The van der Waals surface area contributed by atoms with Gasteiger partial charge in [0.05, 0.1) is 0 Å². The molecule has 124 heavy (non-hydrogen) atoms. The van der Waals surface area contributed by atoms with Crippen molar-refractivity contribution in [1.29, 1.82) is 0 Å². The summed E-state index contributed by atoms with van der Waals surface area (Å²) in [6.45, 7) is 40.7. The van der Waals surface area contributed by atoms with E-state index in [-0.39, 0.29) is 224 Å². The maximum absolute atomic E-state index is 13.3. The molecule has 6 nitrogen and oxygen atoms in total. The average Bonchev–Trinajstić information content (AvgIpc) is 0.761. The Kier molecular flexibility index (Phi) is 43.6. The molecular formula is C108H123K3LaO6Si6. The van der Waals surface area contributed by atoms with Gasteiger partial charge in [0.1, 0.15) is 65.7 Å². The van der Waals surface area contributed by atoms with Crippen molar-refractivity contribution < 1.29 is 220 Å². The smallest absolute Gasteiger partial charge is 0.872 e. The van der Waals surface area contributed by atoms with Crippen molar-refractivity contribution in [2.24, 2.45) is 0 Å². The van der Waals surface area contributed by atoms with E-state index in [1.807, 2.05) is 109 Å². The summed E-state index contributed by atoms with van der Waals surface area (Å²) < 4.78 is 0. The van der Waals surface area contributed by atoms with Crippen LogP contribution in [0.2, 0.25) is 109 Å². The van der Waals surface area contributed by atoms with Crippen molar-refractivity contribution in [1.82, 2.24) is 0 Å². The normalized spacial score (nSPS) is 11.3. The monoisotopic (exact) mass is 1940 g/mol. The predicted molar refractivity (Wildman–Crippen MR) is 528 cm³/mol. The predicted octanol–water partition coefficient (Wildman–Crippen LogP) is 18.7. The first-order valence-electron chi connectivity index (χ1n) is 44.5. The van der Waals surface area contributed by atoms with Crippen LogP contribution in [0.1, 0.15) is 158 Å². The fraction of sp³-hybridized carbons (Fsp3) is 0.333. The van der Waals surface area contributed by atoms with Gasteiger partial charge < -0.3 is 30.6 Å². The van der Waals surface area contributed by atoms with Crippen molar-refractivity contribution >= 4 is 113 Å². The van der Waals surface area contributed by atoms with E-state index in [1.54, 1.807) is 36.4 Å². The summed E-state index contributed by atoms with van der Waals surface area (Å²) in [5, 5.41) is 83.9. The fourth-order valence-corrected chi connectivity index (χ4v) is 31.9. The number of rotatable bonds is 21. The van der Waals surface area contributed by atoms with Crippen molar-refractivity contribution in [3.05, 3.63) is 215 Å². The number of benzene rings is 12. The van der Waals surface area contributed by atoms with Gasteiger partial charge in [-0.25, -0.2) is 0 Å². The minimum absolute atomic E-state index is 0. The van der Waals surface area contributed by atoms with Crippen LogP contribution in [-0.4, -0.2) is 63.8 Å². The zero-order valence-corrected chi connectivity index (χ0v) is 97.2. The molecule has 0 aliphatic heterocycles. The molecule has 3 N–H and O–H groups in total. The van der Waals surface area contributed by atoms with Gasteiger partial charge in [0, 0.05) is 85.7 Å². The Morgan fingerprint density at radius 2 is 0.339 bits per heavy atom. The van der Waals surface area contributed by atoms with Crippen molar-refractivity contribution in [3.63, 3.8) is 0 Å². The fourth-order valence-electron chi connectivity index (χ4n) is 17.2. The third-order valence-electron chi connectivity index (χ3n) is 27.7. The minimum Gasteiger partial charge on any atom is -0.872 e. The zero-order valence-electron chi connectivity index (χ0n) is 78.2. The van der Waals surface area contributed by atoms with Crippen LogP contribution in [0.3, 0.4) is 0 Å². The van der Waals surface area contributed by atoms with E-state index in [4.69, 9.17) is 0 Å². The molecule has 0 heterocycles. The summed E-state index contributed by atoms with van der Waals surface area (Å²) in [4.78, 5) is 0. The van der Waals surface area contributed by atoms with Gasteiger partial charge >= 0.3 is 154 Å². The first kappa shape index (κ1) is 109. The second-order valence-electron chi connectivity index (χ2n) is 32.9. The van der Waals surface area contributed by atoms with Crippen LogP contribution in [-0.2, 0) is 0 Å². The summed E-state index contributed by atoms with van der Waals surface area (Å²) >= 11 is 0. The SMILES string of the molecule is CC[Si](C#Cc1ccc2c(-c3c(O)ccc4cc(C#C[Si](CC)(CC)CC)ccc34)c([O-])ccc2c1)(CC)CC.CC[Si](C#Cc1ccc2c(-c3c(O)ccc4cc(C#C[Si](CC)(CC)CC)ccc34)c([O-])ccc2c1)(CC)CC.CC[Si](C#Cc1ccc2c(-c3c(O)ccc4cc(C#C[Si](CC)(CC)CC)ccc34)c([O-])ccc2c1)(CC)CC.[K+].[K+].[K+].[La]. The van der Waals surface area contributed by atoms with Gasteiger partial charge in [0.25, 0.3) is 0 Å². The Hall–Kier alpha value is -4.23. The molecular weight excluding hydrogens is 1820 g/mol. The third kappa shape index (κ3) is 24.9. The zero-order chi connectivity index (χ0) is 86.7. The summed E-state index contributed by atoms with van der Waals surface area (Å²) in [6.07, 6.45) is 0. The molecule has 0 spiro atoms. The molecule has 0 saturated carbocycles. The topological polar surface area (TPSA) is 130 Å². The van der Waals surface area contributed by atoms with Crippen LogP contribution in [0.4, 0.5) is 0 Å². The van der Waals surface area contributed by atoms with Crippen LogP contribution in [0.25, 0.3) is 98.0 Å². The number of hydrogen-bond acceptors (Lipinski definition) is 6. The van der Waals surface area contributed by atoms with E-state index in [2.05, 4.69) is 230 Å². The minimum atomic E-state index is -1.56. The summed E-state index contributed by atoms with van der Waals surface area (Å²) in [5.41, 5.74) is 31.2. The molecule has 12 rings (SSSR count). The van der Waals surface area contributed by atoms with E-state index in [1.165, 1.54) is 0 Å². The molecule has 16 heteroatoms. The van der Waals surface area contributed by atoms with Gasteiger partial charge in [-0.1, -0.05) is 251 Å². The molecule has 621 valence electrons. The molecule has 12 aromatic carbocycles. The number of aromatic hydroxyl groups is 3. The Balaban J connectivity index is 0.000000283. The molecule has 0 aromatic heterocycles. The molecule has 0 fully saturated rings. The second-order valence-corrected chi connectivity index (χ2v) is 62.4. The van der Waals surface area contributed by atoms with Crippen molar-refractivity contribution in [3.8, 4) is 137 Å². The average molecular weight is 1940 g/mol. The van der Waals surface area contributed by atoms with Gasteiger partial charge in [0.15, 0.2) is 0 Å². The first-order valence-corrected chi connectivity index (χ1v) is 60.2. The Morgan fingerprint density at radius 3 is 0.484 bits per heavy atom. The number of fused-ring (bicyclic) bond motifs is 6. The molecule has 0 unspecified atom stereocenters. The number of hydrogen-bond donors (Lipinski definition) is 3. The van der Waals surface area contributed by atoms with Gasteiger partial charge in [0.2, 0.25) is 0 Å². The third-order valence-corrected chi connectivity index (χ3v) is 56.0. The molecule has 0 saturated heterocycles. The summed E-state index contributed by atoms with van der Waals surface area (Å²) in [6, 6.07) is 78.8. The number of phenols is 3. The standard InChI is InChI=1S/3C36H42O2Si2.3K.La/c3*1-7-39(8-2,9-3)23-21-27-13-17-31-29(25-27)15-19-33(37)35(31)36-32-18-14-28(26-30(32)16-20-34(36)38)22-24-40(10-4,11-5)12-6;;;;/h3*13-20,25-26,37-38H,7-12H2,1-6H3;;;;/q;;;3*+1;/p-3. The van der Waals surface area contributed by atoms with E-state index in [9.17, 15) is 30.6 Å². The van der Waals surface area contributed by atoms with Gasteiger partial charge in [-0.15, -0.1) is 50.5 Å². The quantitative estimate of drug-likeness (QED) is 0.0485. The second kappa shape index (κ2) is 49.9. The molecule has 12 aromatic rings. The summed E-state index contributed by atoms with van der Waals surface area (Å²) in [7, 11) is -9.34. The van der Waals surface area contributed by atoms with E-state index >= 15 is 0 Å². The van der Waals surface area contributed by atoms with E-state index in [0.717, 1.165) is 207 Å². The molecule has 1 radical (unpaired) electrons. The maximum Gasteiger partial charge on any atom is 1.00 e. The molecule has 0 bridgehead atoms. The Labute approximate surface area is 904 Å². The van der Waals surface area contributed by atoms with Crippen LogP contribution >= 0.6 is 0 Å². The molecule has 0 aliphatic rings. The molecule has 0 aliphatic carbocycles. The van der Waals surface area contributed by atoms with Crippen LogP contribution < -0.4 is 169 Å². The largest absolute Gasteiger partial charge is 1.00 e. The molecule has 0 atom stereocenters. The summed E-state index contributed by atoms with van der Waals surface area (Å²) in [5.74, 6) is 20.8. The van der Waals surface area contributed by atoms with Crippen molar-refractivity contribution in [2.45, 2.75) is 233 Å². The van der Waals surface area contributed by atoms with Crippen molar-refractivity contribution in [2.75, 3.05) is 0 Å². The Morgan fingerprint density at radius 1 is 0.202 bits per heavy atom. The van der Waals surface area contributed by atoms with E-state index in [0.29, 0.717) is 33.4 Å². The van der Waals surface area contributed by atoms with Gasteiger partial charge in [-0.3, -0.25) is 0 Å². The van der Waals surface area contributed by atoms with Crippen LogP contribution in [0.5, 0.6) is 34.5 Å². The molecule has 0 amide bonds. The van der Waals surface area contributed by atoms with Gasteiger partial charge in [-0.2, -0.15) is 0 Å². The van der Waals surface area contributed by atoms with E-state index < -0.39 is 48.4 Å². The van der Waals surface area contributed by atoms with Crippen LogP contribution in [0, 0.1) is 104 Å². The number of phenolic OH excluding ortho intramolecular Hbond substituents is 3. The first-order chi connectivity index (χ1) is 57.8.